The molecule has 0 saturated heterocycles. The Morgan fingerprint density at radius 2 is 1.50 bits per heavy atom. The quantitative estimate of drug-likeness (QED) is 0.764. The van der Waals surface area contributed by atoms with Gasteiger partial charge in [-0.1, -0.05) is 33.6 Å². The summed E-state index contributed by atoms with van der Waals surface area (Å²) in [5.41, 5.74) is -1.52. The predicted octanol–water partition coefficient (Wildman–Crippen LogP) is 2.67. The zero-order valence-corrected chi connectivity index (χ0v) is 10.8. The van der Waals surface area contributed by atoms with E-state index in [0.29, 0.717) is 0 Å². The van der Waals surface area contributed by atoms with E-state index in [1.807, 2.05) is 0 Å². The van der Waals surface area contributed by atoms with E-state index in [1.54, 1.807) is 0 Å². The molecule has 3 atom stereocenters. The van der Waals surface area contributed by atoms with Crippen LogP contribution in [0, 0.1) is 17.3 Å². The van der Waals surface area contributed by atoms with Crippen LogP contribution in [0.15, 0.2) is 0 Å². The summed E-state index contributed by atoms with van der Waals surface area (Å²) in [6, 6.07) is 0. The monoisotopic (exact) mass is 228 g/mol. The van der Waals surface area contributed by atoms with Gasteiger partial charge in [0.2, 0.25) is 0 Å². The standard InChI is InChI=1S/C13H24O3/c1-12(2,3)9-7-5-6-8-10(9)13(4,16)11(14)15/h9-10,16H,5-8H2,1-4H3,(H,14,15). The van der Waals surface area contributed by atoms with E-state index in [2.05, 4.69) is 20.8 Å². The van der Waals surface area contributed by atoms with Gasteiger partial charge in [0.25, 0.3) is 0 Å². The minimum Gasteiger partial charge on any atom is -0.479 e. The van der Waals surface area contributed by atoms with Gasteiger partial charge in [0.1, 0.15) is 0 Å². The maximum absolute atomic E-state index is 11.1. The van der Waals surface area contributed by atoms with Crippen molar-refractivity contribution in [3.8, 4) is 0 Å². The zero-order valence-electron chi connectivity index (χ0n) is 10.8. The number of hydrogen-bond acceptors (Lipinski definition) is 2. The molecule has 0 aromatic carbocycles. The van der Waals surface area contributed by atoms with Crippen molar-refractivity contribution in [1.82, 2.24) is 0 Å². The fourth-order valence-corrected chi connectivity index (χ4v) is 3.00. The van der Waals surface area contributed by atoms with E-state index in [0.717, 1.165) is 25.7 Å². The topological polar surface area (TPSA) is 57.5 Å². The summed E-state index contributed by atoms with van der Waals surface area (Å²) in [6.45, 7) is 7.85. The van der Waals surface area contributed by atoms with E-state index in [9.17, 15) is 9.90 Å². The van der Waals surface area contributed by atoms with Crippen molar-refractivity contribution in [2.75, 3.05) is 0 Å². The fraction of sp³-hybridized carbons (Fsp3) is 0.923. The van der Waals surface area contributed by atoms with Crippen LogP contribution in [0.3, 0.4) is 0 Å². The van der Waals surface area contributed by atoms with Gasteiger partial charge in [-0.25, -0.2) is 4.79 Å². The largest absolute Gasteiger partial charge is 0.479 e. The fourth-order valence-electron chi connectivity index (χ4n) is 3.00. The Hall–Kier alpha value is -0.570. The number of carbonyl (C=O) groups is 1. The number of aliphatic hydroxyl groups is 1. The Morgan fingerprint density at radius 1 is 1.06 bits per heavy atom. The maximum Gasteiger partial charge on any atom is 0.335 e. The molecule has 94 valence electrons. The van der Waals surface area contributed by atoms with E-state index in [4.69, 9.17) is 5.11 Å². The summed E-state index contributed by atoms with van der Waals surface area (Å²) in [6.07, 6.45) is 4.02. The van der Waals surface area contributed by atoms with Crippen molar-refractivity contribution >= 4 is 5.97 Å². The van der Waals surface area contributed by atoms with Gasteiger partial charge >= 0.3 is 5.97 Å². The van der Waals surface area contributed by atoms with Crippen LogP contribution in [-0.2, 0) is 4.79 Å². The summed E-state index contributed by atoms with van der Waals surface area (Å²) in [5.74, 6) is -0.931. The first-order chi connectivity index (χ1) is 7.17. The predicted molar refractivity (Wildman–Crippen MR) is 63.2 cm³/mol. The van der Waals surface area contributed by atoms with Crippen LogP contribution in [-0.4, -0.2) is 21.8 Å². The van der Waals surface area contributed by atoms with Crippen molar-refractivity contribution < 1.29 is 15.0 Å². The summed E-state index contributed by atoms with van der Waals surface area (Å²) < 4.78 is 0. The molecule has 1 rings (SSSR count). The van der Waals surface area contributed by atoms with Crippen LogP contribution in [0.25, 0.3) is 0 Å². The van der Waals surface area contributed by atoms with Crippen LogP contribution in [0.2, 0.25) is 0 Å². The summed E-state index contributed by atoms with van der Waals surface area (Å²) in [5, 5.41) is 19.3. The van der Waals surface area contributed by atoms with Crippen molar-refractivity contribution in [1.29, 1.82) is 0 Å². The number of aliphatic carboxylic acids is 1. The smallest absolute Gasteiger partial charge is 0.335 e. The molecular formula is C13H24O3. The molecule has 1 aliphatic rings. The Labute approximate surface area is 97.9 Å². The first-order valence-corrected chi connectivity index (χ1v) is 6.13. The van der Waals surface area contributed by atoms with E-state index < -0.39 is 11.6 Å². The molecule has 0 aromatic rings. The highest BCUT2D eigenvalue weighted by molar-refractivity contribution is 5.77. The molecule has 0 spiro atoms. The lowest BCUT2D eigenvalue weighted by molar-refractivity contribution is -0.169. The number of carboxylic acid groups (broad SMARTS) is 1. The highest BCUT2D eigenvalue weighted by Crippen LogP contribution is 2.46. The molecule has 1 aliphatic carbocycles. The Morgan fingerprint density at radius 3 is 1.88 bits per heavy atom. The molecule has 0 amide bonds. The Kier molecular flexibility index (Phi) is 3.68. The van der Waals surface area contributed by atoms with Crippen LogP contribution in [0.1, 0.15) is 53.4 Å². The van der Waals surface area contributed by atoms with Crippen LogP contribution in [0.5, 0.6) is 0 Å². The van der Waals surface area contributed by atoms with E-state index in [1.165, 1.54) is 6.92 Å². The molecule has 2 N–H and O–H groups in total. The third-order valence-electron chi connectivity index (χ3n) is 4.03. The highest BCUT2D eigenvalue weighted by atomic mass is 16.4. The lowest BCUT2D eigenvalue weighted by Gasteiger charge is -2.45. The Bertz CT molecular complexity index is 263. The maximum atomic E-state index is 11.1. The van der Waals surface area contributed by atoms with Gasteiger partial charge in [0, 0.05) is 5.92 Å². The average molecular weight is 228 g/mol. The minimum absolute atomic E-state index is 0.0600. The van der Waals surface area contributed by atoms with Crippen molar-refractivity contribution in [3.63, 3.8) is 0 Å². The van der Waals surface area contributed by atoms with Gasteiger partial charge in [0.15, 0.2) is 5.60 Å². The molecule has 0 aliphatic heterocycles. The van der Waals surface area contributed by atoms with E-state index >= 15 is 0 Å². The second kappa shape index (κ2) is 4.36. The summed E-state index contributed by atoms with van der Waals surface area (Å²) >= 11 is 0. The van der Waals surface area contributed by atoms with Crippen molar-refractivity contribution in [2.45, 2.75) is 59.0 Å². The van der Waals surface area contributed by atoms with Crippen LogP contribution >= 0.6 is 0 Å². The lowest BCUT2D eigenvalue weighted by Crippen LogP contribution is -2.50. The molecule has 0 heterocycles. The zero-order chi connectivity index (χ0) is 12.6. The van der Waals surface area contributed by atoms with Gasteiger partial charge in [0.05, 0.1) is 0 Å². The molecule has 3 nitrogen and oxygen atoms in total. The first kappa shape index (κ1) is 13.5. The molecule has 1 fully saturated rings. The molecule has 1 saturated carbocycles. The Balaban J connectivity index is 2.95. The second-order valence-electron chi connectivity index (χ2n) is 6.32. The highest BCUT2D eigenvalue weighted by Gasteiger charge is 2.47. The van der Waals surface area contributed by atoms with Crippen molar-refractivity contribution in [3.05, 3.63) is 0 Å². The molecule has 0 radical (unpaired) electrons. The van der Waals surface area contributed by atoms with Gasteiger partial charge < -0.3 is 10.2 Å². The second-order valence-corrected chi connectivity index (χ2v) is 6.32. The van der Waals surface area contributed by atoms with Gasteiger partial charge in [-0.05, 0) is 31.1 Å². The summed E-state index contributed by atoms with van der Waals surface area (Å²) in [4.78, 5) is 11.1. The molecule has 0 bridgehead atoms. The third kappa shape index (κ3) is 2.57. The lowest BCUT2D eigenvalue weighted by atomic mass is 9.61. The first-order valence-electron chi connectivity index (χ1n) is 6.13. The van der Waals surface area contributed by atoms with Crippen LogP contribution < -0.4 is 0 Å². The molecule has 3 unspecified atom stereocenters. The van der Waals surface area contributed by atoms with Crippen molar-refractivity contribution in [2.24, 2.45) is 17.3 Å². The van der Waals surface area contributed by atoms with E-state index in [-0.39, 0.29) is 17.3 Å². The normalized spacial score (nSPS) is 30.8. The number of carboxylic acids is 1. The van der Waals surface area contributed by atoms with Crippen LogP contribution in [0.4, 0.5) is 0 Å². The molecule has 0 aromatic heterocycles. The molecular weight excluding hydrogens is 204 g/mol. The third-order valence-corrected chi connectivity index (χ3v) is 4.03. The number of rotatable bonds is 2. The summed E-state index contributed by atoms with van der Waals surface area (Å²) in [7, 11) is 0. The van der Waals surface area contributed by atoms with Gasteiger partial charge in [-0.3, -0.25) is 0 Å². The molecule has 16 heavy (non-hydrogen) atoms. The molecule has 3 heteroatoms. The van der Waals surface area contributed by atoms with Gasteiger partial charge in [-0.2, -0.15) is 0 Å². The minimum atomic E-state index is -1.58. The SMILES string of the molecule is CC(C)(C)C1CCCCC1C(C)(O)C(=O)O. The number of hydrogen-bond donors (Lipinski definition) is 2. The average Bonchev–Trinajstić information content (AvgIpc) is 2.16. The van der Waals surface area contributed by atoms with Gasteiger partial charge in [-0.15, -0.1) is 0 Å².